The van der Waals surface area contributed by atoms with E-state index in [2.05, 4.69) is 22.6 Å². The fourth-order valence-corrected chi connectivity index (χ4v) is 3.18. The molecular weight excluding hydrogens is 385 g/mol. The average molecular weight is 407 g/mol. The van der Waals surface area contributed by atoms with Crippen molar-refractivity contribution in [3.8, 4) is 0 Å². The maximum absolute atomic E-state index is 11.7. The number of hydrogen-bond acceptors (Lipinski definition) is 3. The van der Waals surface area contributed by atoms with Crippen LogP contribution in [0.4, 0.5) is 4.79 Å². The predicted octanol–water partition coefficient (Wildman–Crippen LogP) is 3.86. The van der Waals surface area contributed by atoms with Crippen LogP contribution in [0.25, 0.3) is 0 Å². The van der Waals surface area contributed by atoms with Crippen LogP contribution in [0.1, 0.15) is 32.3 Å². The molecule has 0 saturated carbocycles. The SMILES string of the molecule is CCCN(C(=O)O)[C@](CC)(OCOC)c1ccccc1I. The molecule has 1 aromatic rings. The van der Waals surface area contributed by atoms with Crippen LogP contribution < -0.4 is 0 Å². The number of methoxy groups -OCH3 is 1. The van der Waals surface area contributed by atoms with Gasteiger partial charge in [-0.1, -0.05) is 32.0 Å². The van der Waals surface area contributed by atoms with E-state index in [0.717, 1.165) is 9.13 Å². The third kappa shape index (κ3) is 4.08. The first-order valence-corrected chi connectivity index (χ1v) is 7.99. The molecule has 0 heterocycles. The Bertz CT molecular complexity index is 469. The van der Waals surface area contributed by atoms with Gasteiger partial charge < -0.3 is 14.6 Å². The van der Waals surface area contributed by atoms with Gasteiger partial charge in [-0.3, -0.25) is 4.90 Å². The molecule has 0 bridgehead atoms. The van der Waals surface area contributed by atoms with E-state index in [1.165, 1.54) is 12.0 Å². The van der Waals surface area contributed by atoms with Gasteiger partial charge in [0.2, 0.25) is 0 Å². The van der Waals surface area contributed by atoms with Crippen LogP contribution >= 0.6 is 22.6 Å². The van der Waals surface area contributed by atoms with Crippen molar-refractivity contribution in [2.45, 2.75) is 32.4 Å². The smallest absolute Gasteiger partial charge is 0.409 e. The molecule has 0 aliphatic rings. The van der Waals surface area contributed by atoms with Crippen molar-refractivity contribution in [3.05, 3.63) is 33.4 Å². The molecule has 1 atom stereocenters. The van der Waals surface area contributed by atoms with Gasteiger partial charge in [0.1, 0.15) is 6.79 Å². The van der Waals surface area contributed by atoms with Crippen LogP contribution in [0, 0.1) is 3.57 Å². The Balaban J connectivity index is 3.39. The highest BCUT2D eigenvalue weighted by molar-refractivity contribution is 14.1. The molecule has 1 amide bonds. The van der Waals surface area contributed by atoms with Crippen molar-refractivity contribution in [1.82, 2.24) is 4.90 Å². The van der Waals surface area contributed by atoms with Crippen molar-refractivity contribution >= 4 is 28.7 Å². The quantitative estimate of drug-likeness (QED) is 0.525. The number of benzene rings is 1. The van der Waals surface area contributed by atoms with Crippen LogP contribution in [0.2, 0.25) is 0 Å². The third-order valence-electron chi connectivity index (χ3n) is 3.30. The van der Waals surface area contributed by atoms with Gasteiger partial charge in [0.05, 0.1) is 0 Å². The maximum Gasteiger partial charge on any atom is 0.409 e. The van der Waals surface area contributed by atoms with E-state index in [1.807, 2.05) is 38.1 Å². The van der Waals surface area contributed by atoms with Crippen LogP contribution in [0.15, 0.2) is 24.3 Å². The minimum absolute atomic E-state index is 0.0340. The predicted molar refractivity (Wildman–Crippen MR) is 89.1 cm³/mol. The highest BCUT2D eigenvalue weighted by atomic mass is 127. The van der Waals surface area contributed by atoms with Gasteiger partial charge in [0.25, 0.3) is 0 Å². The monoisotopic (exact) mass is 407 g/mol. The van der Waals surface area contributed by atoms with E-state index in [1.54, 1.807) is 0 Å². The minimum Gasteiger partial charge on any atom is -0.465 e. The molecule has 21 heavy (non-hydrogen) atoms. The number of rotatable bonds is 8. The fourth-order valence-electron chi connectivity index (χ4n) is 2.37. The van der Waals surface area contributed by atoms with Crippen molar-refractivity contribution in [2.75, 3.05) is 20.4 Å². The molecule has 6 heteroatoms. The van der Waals surface area contributed by atoms with Gasteiger partial charge in [-0.2, -0.15) is 0 Å². The standard InChI is InChI=1S/C15H22INO4/c1-4-10-17(14(18)19)15(5-2,21-11-20-3)12-8-6-7-9-13(12)16/h6-9H,4-5,10-11H2,1-3H3,(H,18,19)/t15-/m1/s1. The molecule has 0 spiro atoms. The maximum atomic E-state index is 11.7. The summed E-state index contributed by atoms with van der Waals surface area (Å²) in [6, 6.07) is 7.67. The van der Waals surface area contributed by atoms with Gasteiger partial charge in [-0.05, 0) is 41.5 Å². The molecule has 1 rings (SSSR count). The molecule has 0 saturated heterocycles. The molecule has 1 aromatic carbocycles. The first kappa shape index (κ1) is 18.2. The zero-order valence-electron chi connectivity index (χ0n) is 12.6. The van der Waals surface area contributed by atoms with E-state index >= 15 is 0 Å². The van der Waals surface area contributed by atoms with E-state index in [4.69, 9.17) is 9.47 Å². The Morgan fingerprint density at radius 2 is 2.05 bits per heavy atom. The molecule has 0 aliphatic heterocycles. The van der Waals surface area contributed by atoms with Crippen molar-refractivity contribution in [2.24, 2.45) is 0 Å². The van der Waals surface area contributed by atoms with E-state index < -0.39 is 11.8 Å². The number of hydrogen-bond donors (Lipinski definition) is 1. The first-order valence-electron chi connectivity index (χ1n) is 6.91. The van der Waals surface area contributed by atoms with Crippen LogP contribution in [0.3, 0.4) is 0 Å². The van der Waals surface area contributed by atoms with E-state index in [9.17, 15) is 9.90 Å². The zero-order valence-corrected chi connectivity index (χ0v) is 14.8. The molecule has 118 valence electrons. The highest BCUT2D eigenvalue weighted by Gasteiger charge is 2.42. The van der Waals surface area contributed by atoms with Crippen LogP contribution in [-0.2, 0) is 15.2 Å². The van der Waals surface area contributed by atoms with E-state index in [-0.39, 0.29) is 6.79 Å². The average Bonchev–Trinajstić information content (AvgIpc) is 2.48. The normalized spacial score (nSPS) is 13.7. The largest absolute Gasteiger partial charge is 0.465 e. The lowest BCUT2D eigenvalue weighted by Gasteiger charge is -2.42. The summed E-state index contributed by atoms with van der Waals surface area (Å²) in [4.78, 5) is 13.1. The summed E-state index contributed by atoms with van der Waals surface area (Å²) >= 11 is 2.21. The van der Waals surface area contributed by atoms with Crippen LogP contribution in [0.5, 0.6) is 0 Å². The molecule has 1 N–H and O–H groups in total. The number of halogens is 1. The summed E-state index contributed by atoms with van der Waals surface area (Å²) < 4.78 is 11.9. The second-order valence-electron chi connectivity index (χ2n) is 4.60. The van der Waals surface area contributed by atoms with Gasteiger partial charge in [0.15, 0.2) is 5.72 Å². The summed E-state index contributed by atoms with van der Waals surface area (Å²) in [5, 5.41) is 9.63. The Hall–Kier alpha value is -0.860. The molecule has 0 radical (unpaired) electrons. The van der Waals surface area contributed by atoms with Gasteiger partial charge in [-0.25, -0.2) is 4.79 Å². The molecule has 5 nitrogen and oxygen atoms in total. The Morgan fingerprint density at radius 1 is 1.38 bits per heavy atom. The lowest BCUT2D eigenvalue weighted by molar-refractivity contribution is -0.202. The van der Waals surface area contributed by atoms with Crippen molar-refractivity contribution in [3.63, 3.8) is 0 Å². The molecular formula is C15H22INO4. The molecule has 0 aromatic heterocycles. The van der Waals surface area contributed by atoms with Gasteiger partial charge in [0, 0.05) is 22.8 Å². The summed E-state index contributed by atoms with van der Waals surface area (Å²) in [6.07, 6.45) is 0.227. The van der Waals surface area contributed by atoms with Crippen molar-refractivity contribution in [1.29, 1.82) is 0 Å². The summed E-state index contributed by atoms with van der Waals surface area (Å²) in [6.45, 7) is 4.30. The third-order valence-corrected chi connectivity index (χ3v) is 4.24. The summed E-state index contributed by atoms with van der Waals surface area (Å²) in [7, 11) is 1.53. The van der Waals surface area contributed by atoms with Crippen molar-refractivity contribution < 1.29 is 19.4 Å². The van der Waals surface area contributed by atoms with E-state index in [0.29, 0.717) is 19.4 Å². The number of ether oxygens (including phenoxy) is 2. The fraction of sp³-hybridized carbons (Fsp3) is 0.533. The second-order valence-corrected chi connectivity index (χ2v) is 5.77. The lowest BCUT2D eigenvalue weighted by atomic mass is 9.97. The Labute approximate surface area is 139 Å². The second kappa shape index (κ2) is 8.55. The number of carbonyl (C=O) groups is 1. The lowest BCUT2D eigenvalue weighted by Crippen LogP contribution is -2.51. The molecule has 0 fully saturated rings. The number of amides is 1. The van der Waals surface area contributed by atoms with Crippen LogP contribution in [-0.4, -0.2) is 36.5 Å². The molecule has 0 aliphatic carbocycles. The zero-order chi connectivity index (χ0) is 15.9. The summed E-state index contributed by atoms with van der Waals surface area (Å²) in [5.41, 5.74) is -0.184. The molecule has 0 unspecified atom stereocenters. The number of carboxylic acid groups (broad SMARTS) is 1. The topological polar surface area (TPSA) is 59.0 Å². The Morgan fingerprint density at radius 3 is 2.52 bits per heavy atom. The summed E-state index contributed by atoms with van der Waals surface area (Å²) in [5.74, 6) is 0. The highest BCUT2D eigenvalue weighted by Crippen LogP contribution is 2.36. The van der Waals surface area contributed by atoms with Gasteiger partial charge in [-0.15, -0.1) is 0 Å². The first-order chi connectivity index (χ1) is 10.0. The number of nitrogens with zero attached hydrogens (tertiary/aromatic N) is 1. The Kier molecular flexibility index (Phi) is 7.41. The minimum atomic E-state index is -1.03. The van der Waals surface area contributed by atoms with Gasteiger partial charge >= 0.3 is 6.09 Å².